The van der Waals surface area contributed by atoms with Gasteiger partial charge in [0.25, 0.3) is 0 Å². The van der Waals surface area contributed by atoms with Gasteiger partial charge in [-0.05, 0) is 18.1 Å². The molecular weight excluding hydrogens is 184 g/mol. The minimum atomic E-state index is -0.711. The zero-order chi connectivity index (χ0) is 10.6. The number of unbranched alkanes of at least 4 members (excludes halogenated alkanes) is 6. The molecule has 0 rings (SSSR count). The van der Waals surface area contributed by atoms with Gasteiger partial charge in [-0.1, -0.05) is 32.1 Å². The SMILES string of the molecule is [O]OCCCCCCCCCC(=O)O. The minimum absolute atomic E-state index is 0.282. The first-order valence-electron chi connectivity index (χ1n) is 5.24. The van der Waals surface area contributed by atoms with Crippen molar-refractivity contribution in [3.8, 4) is 0 Å². The lowest BCUT2D eigenvalue weighted by Crippen LogP contribution is -1.93. The van der Waals surface area contributed by atoms with Crippen LogP contribution >= 0.6 is 0 Å². The maximum atomic E-state index is 10.2. The van der Waals surface area contributed by atoms with Crippen molar-refractivity contribution < 1.29 is 20.0 Å². The summed E-state index contributed by atoms with van der Waals surface area (Å²) in [6.07, 6.45) is 7.23. The number of hydrogen-bond acceptors (Lipinski definition) is 2. The third-order valence-electron chi connectivity index (χ3n) is 2.12. The van der Waals surface area contributed by atoms with Crippen LogP contribution in [0.25, 0.3) is 0 Å². The second-order valence-corrected chi connectivity index (χ2v) is 3.44. The zero-order valence-corrected chi connectivity index (χ0v) is 8.54. The van der Waals surface area contributed by atoms with Gasteiger partial charge in [0.1, 0.15) is 0 Å². The number of rotatable bonds is 10. The van der Waals surface area contributed by atoms with Gasteiger partial charge in [0, 0.05) is 6.42 Å². The van der Waals surface area contributed by atoms with Gasteiger partial charge in [0.15, 0.2) is 0 Å². The summed E-state index contributed by atoms with van der Waals surface area (Å²) in [4.78, 5) is 13.9. The van der Waals surface area contributed by atoms with Crippen LogP contribution in [0.3, 0.4) is 0 Å². The molecule has 83 valence electrons. The van der Waals surface area contributed by atoms with Crippen molar-refractivity contribution in [3.63, 3.8) is 0 Å². The molecule has 0 saturated carbocycles. The number of hydrogen-bond donors (Lipinski definition) is 1. The van der Waals surface area contributed by atoms with Gasteiger partial charge in [-0.2, -0.15) is 0 Å². The van der Waals surface area contributed by atoms with E-state index in [2.05, 4.69) is 4.89 Å². The van der Waals surface area contributed by atoms with Crippen molar-refractivity contribution in [2.24, 2.45) is 0 Å². The molecule has 1 N–H and O–H groups in total. The molecule has 0 unspecified atom stereocenters. The maximum absolute atomic E-state index is 10.2. The summed E-state index contributed by atoms with van der Waals surface area (Å²) in [5, 5.41) is 18.0. The Kier molecular flexibility index (Phi) is 10.0. The van der Waals surface area contributed by atoms with E-state index in [-0.39, 0.29) is 6.42 Å². The maximum Gasteiger partial charge on any atom is 0.303 e. The predicted octanol–water partition coefficient (Wildman–Crippen LogP) is 2.55. The Morgan fingerprint density at radius 1 is 0.929 bits per heavy atom. The molecule has 0 bridgehead atoms. The van der Waals surface area contributed by atoms with E-state index in [1.807, 2.05) is 0 Å². The molecule has 0 fully saturated rings. The molecule has 0 aromatic heterocycles. The number of carboxylic acids is 1. The first kappa shape index (κ1) is 13.4. The zero-order valence-electron chi connectivity index (χ0n) is 8.54. The van der Waals surface area contributed by atoms with E-state index < -0.39 is 5.97 Å². The van der Waals surface area contributed by atoms with E-state index in [0.29, 0.717) is 6.61 Å². The Hall–Kier alpha value is -0.610. The Bertz CT molecular complexity index is 136. The first-order valence-corrected chi connectivity index (χ1v) is 5.24. The van der Waals surface area contributed by atoms with Crippen LogP contribution in [0.2, 0.25) is 0 Å². The third-order valence-corrected chi connectivity index (χ3v) is 2.12. The standard InChI is InChI=1S/C10H19O4/c11-10(12)8-6-4-2-1-3-5-7-9-14-13/h1-9H2,(H,11,12). The molecular formula is C10H19O4. The van der Waals surface area contributed by atoms with Crippen LogP contribution in [0.4, 0.5) is 0 Å². The lowest BCUT2D eigenvalue weighted by atomic mass is 10.1. The smallest absolute Gasteiger partial charge is 0.303 e. The lowest BCUT2D eigenvalue weighted by molar-refractivity contribution is -0.303. The van der Waals surface area contributed by atoms with Crippen LogP contribution in [-0.4, -0.2) is 17.7 Å². The molecule has 0 heterocycles. The third kappa shape index (κ3) is 11.4. The monoisotopic (exact) mass is 203 g/mol. The fraction of sp³-hybridized carbons (Fsp3) is 0.900. The van der Waals surface area contributed by atoms with Gasteiger partial charge in [-0.25, -0.2) is 4.89 Å². The van der Waals surface area contributed by atoms with Gasteiger partial charge < -0.3 is 5.11 Å². The fourth-order valence-corrected chi connectivity index (χ4v) is 1.32. The number of carbonyl (C=O) groups is 1. The van der Waals surface area contributed by atoms with Crippen LogP contribution in [-0.2, 0) is 14.9 Å². The molecule has 0 aliphatic rings. The Labute approximate surface area is 84.8 Å². The van der Waals surface area contributed by atoms with E-state index in [1.54, 1.807) is 0 Å². The second-order valence-electron chi connectivity index (χ2n) is 3.44. The lowest BCUT2D eigenvalue weighted by Gasteiger charge is -1.99. The van der Waals surface area contributed by atoms with Crippen LogP contribution in [0, 0.1) is 0 Å². The van der Waals surface area contributed by atoms with Crippen molar-refractivity contribution in [1.82, 2.24) is 0 Å². The number of carboxylic acid groups (broad SMARTS) is 1. The molecule has 0 spiro atoms. The molecule has 14 heavy (non-hydrogen) atoms. The fourth-order valence-electron chi connectivity index (χ4n) is 1.32. The molecule has 0 aliphatic heterocycles. The Balaban J connectivity index is 2.88. The van der Waals surface area contributed by atoms with Crippen molar-refractivity contribution in [2.75, 3.05) is 6.61 Å². The molecule has 4 heteroatoms. The molecule has 1 radical (unpaired) electrons. The highest BCUT2D eigenvalue weighted by atomic mass is 17.1. The minimum Gasteiger partial charge on any atom is -0.481 e. The van der Waals surface area contributed by atoms with Gasteiger partial charge in [-0.3, -0.25) is 4.79 Å². The average Bonchev–Trinajstić information content (AvgIpc) is 2.15. The normalized spacial score (nSPS) is 10.4. The van der Waals surface area contributed by atoms with Crippen molar-refractivity contribution in [2.45, 2.75) is 51.4 Å². The van der Waals surface area contributed by atoms with Crippen molar-refractivity contribution >= 4 is 5.97 Å². The molecule has 4 nitrogen and oxygen atoms in total. The molecule has 0 atom stereocenters. The summed E-state index contributed by atoms with van der Waals surface area (Å²) in [6.45, 7) is 0.305. The van der Waals surface area contributed by atoms with E-state index in [4.69, 9.17) is 5.11 Å². The Morgan fingerprint density at radius 3 is 1.93 bits per heavy atom. The van der Waals surface area contributed by atoms with E-state index >= 15 is 0 Å². The highest BCUT2D eigenvalue weighted by molar-refractivity contribution is 5.66. The van der Waals surface area contributed by atoms with Crippen LogP contribution in [0.1, 0.15) is 51.4 Å². The molecule has 0 aromatic carbocycles. The van der Waals surface area contributed by atoms with E-state index in [9.17, 15) is 10.1 Å². The van der Waals surface area contributed by atoms with Crippen molar-refractivity contribution in [3.05, 3.63) is 0 Å². The van der Waals surface area contributed by atoms with Gasteiger partial charge in [0.2, 0.25) is 0 Å². The highest BCUT2D eigenvalue weighted by Crippen LogP contribution is 2.08. The van der Waals surface area contributed by atoms with Crippen molar-refractivity contribution in [1.29, 1.82) is 0 Å². The summed E-state index contributed by atoms with van der Waals surface area (Å²) in [6, 6.07) is 0. The molecule has 0 amide bonds. The number of aliphatic carboxylic acids is 1. The summed E-state index contributed by atoms with van der Waals surface area (Å²) in [5.41, 5.74) is 0. The van der Waals surface area contributed by atoms with Gasteiger partial charge in [-0.15, -0.1) is 0 Å². The molecule has 0 saturated heterocycles. The van der Waals surface area contributed by atoms with E-state index in [0.717, 1.165) is 44.9 Å². The highest BCUT2D eigenvalue weighted by Gasteiger charge is 1.96. The summed E-state index contributed by atoms with van der Waals surface area (Å²) >= 11 is 0. The topological polar surface area (TPSA) is 66.4 Å². The predicted molar refractivity (Wildman–Crippen MR) is 51.2 cm³/mol. The summed E-state index contributed by atoms with van der Waals surface area (Å²) < 4.78 is 0. The quantitative estimate of drug-likeness (QED) is 0.337. The van der Waals surface area contributed by atoms with Gasteiger partial charge >= 0.3 is 5.97 Å². The second kappa shape index (κ2) is 10.5. The average molecular weight is 203 g/mol. The molecule has 0 aromatic rings. The summed E-state index contributed by atoms with van der Waals surface area (Å²) in [7, 11) is 0. The summed E-state index contributed by atoms with van der Waals surface area (Å²) in [5.74, 6) is -0.711. The largest absolute Gasteiger partial charge is 0.481 e. The van der Waals surface area contributed by atoms with Crippen LogP contribution in [0.5, 0.6) is 0 Å². The van der Waals surface area contributed by atoms with Gasteiger partial charge in [0.05, 0.1) is 6.61 Å². The Morgan fingerprint density at radius 2 is 1.43 bits per heavy atom. The first-order chi connectivity index (χ1) is 6.77. The van der Waals surface area contributed by atoms with E-state index in [1.165, 1.54) is 0 Å². The molecule has 0 aliphatic carbocycles. The van der Waals surface area contributed by atoms with Crippen LogP contribution < -0.4 is 0 Å². The van der Waals surface area contributed by atoms with Crippen LogP contribution in [0.15, 0.2) is 0 Å².